The van der Waals surface area contributed by atoms with Crippen LogP contribution >= 0.6 is 0 Å². The molecule has 2 rings (SSSR count). The number of benzene rings is 1. The number of carbonyl (C=O) groups is 2. The molecule has 0 bridgehead atoms. The molecule has 1 aromatic carbocycles. The van der Waals surface area contributed by atoms with Crippen LogP contribution in [0.4, 0.5) is 5.69 Å². The molecule has 0 spiro atoms. The largest absolute Gasteiger partial charge is 0.493 e. The Kier molecular flexibility index (Phi) is 7.13. The summed E-state index contributed by atoms with van der Waals surface area (Å²) in [6.45, 7) is 1.21. The van der Waals surface area contributed by atoms with Crippen LogP contribution in [0.5, 0.6) is 11.5 Å². The fourth-order valence-electron chi connectivity index (χ4n) is 2.28. The lowest BCUT2D eigenvalue weighted by atomic mass is 10.2. The second-order valence-electron chi connectivity index (χ2n) is 5.99. The molecule has 27 heavy (non-hydrogen) atoms. The number of aromatic nitrogens is 1. The molecular weight excluding hydrogens is 348 g/mol. The molecule has 144 valence electrons. The SMILES string of the molecule is COc1ccc(NC(=O)c2cccc(C(=O)NCCN(C)C)n2)cc1OC. The van der Waals surface area contributed by atoms with Gasteiger partial charge in [-0.3, -0.25) is 9.59 Å². The summed E-state index contributed by atoms with van der Waals surface area (Å²) in [6, 6.07) is 9.77. The number of hydrogen-bond acceptors (Lipinski definition) is 6. The maximum Gasteiger partial charge on any atom is 0.274 e. The highest BCUT2D eigenvalue weighted by atomic mass is 16.5. The molecule has 1 heterocycles. The van der Waals surface area contributed by atoms with Crippen molar-refractivity contribution in [2.45, 2.75) is 0 Å². The summed E-state index contributed by atoms with van der Waals surface area (Å²) >= 11 is 0. The highest BCUT2D eigenvalue weighted by molar-refractivity contribution is 6.04. The summed E-state index contributed by atoms with van der Waals surface area (Å²) in [6.07, 6.45) is 0. The van der Waals surface area contributed by atoms with Gasteiger partial charge in [0.1, 0.15) is 11.4 Å². The van der Waals surface area contributed by atoms with Gasteiger partial charge >= 0.3 is 0 Å². The smallest absolute Gasteiger partial charge is 0.274 e. The molecule has 0 saturated heterocycles. The minimum absolute atomic E-state index is 0.144. The Bertz CT molecular complexity index is 808. The van der Waals surface area contributed by atoms with E-state index >= 15 is 0 Å². The zero-order chi connectivity index (χ0) is 19.8. The highest BCUT2D eigenvalue weighted by Crippen LogP contribution is 2.29. The second kappa shape index (κ2) is 9.54. The Hall–Kier alpha value is -3.13. The maximum absolute atomic E-state index is 12.5. The monoisotopic (exact) mass is 372 g/mol. The molecule has 0 fully saturated rings. The first-order chi connectivity index (χ1) is 12.9. The van der Waals surface area contributed by atoms with Crippen LogP contribution in [-0.4, -0.2) is 63.1 Å². The van der Waals surface area contributed by atoms with Gasteiger partial charge in [0.2, 0.25) is 0 Å². The van der Waals surface area contributed by atoms with Crippen molar-refractivity contribution in [2.75, 3.05) is 46.7 Å². The van der Waals surface area contributed by atoms with Crippen LogP contribution in [0, 0.1) is 0 Å². The van der Waals surface area contributed by atoms with Crippen molar-refractivity contribution in [3.8, 4) is 11.5 Å². The van der Waals surface area contributed by atoms with Crippen LogP contribution in [0.15, 0.2) is 36.4 Å². The summed E-state index contributed by atoms with van der Waals surface area (Å²) in [5, 5.41) is 5.50. The van der Waals surface area contributed by atoms with Crippen molar-refractivity contribution in [3.05, 3.63) is 47.8 Å². The summed E-state index contributed by atoms with van der Waals surface area (Å²) in [5.41, 5.74) is 0.860. The molecule has 1 aromatic heterocycles. The van der Waals surface area contributed by atoms with Crippen LogP contribution in [0.1, 0.15) is 21.0 Å². The third-order valence-electron chi connectivity index (χ3n) is 3.70. The van der Waals surface area contributed by atoms with E-state index in [1.165, 1.54) is 14.2 Å². The van der Waals surface area contributed by atoms with E-state index in [0.717, 1.165) is 0 Å². The van der Waals surface area contributed by atoms with Gasteiger partial charge in [-0.05, 0) is 38.4 Å². The first kappa shape index (κ1) is 20.2. The van der Waals surface area contributed by atoms with E-state index < -0.39 is 5.91 Å². The van der Waals surface area contributed by atoms with Gasteiger partial charge in [-0.25, -0.2) is 4.98 Å². The molecule has 8 heteroatoms. The predicted octanol–water partition coefficient (Wildman–Crippen LogP) is 1.64. The van der Waals surface area contributed by atoms with E-state index in [1.54, 1.807) is 36.4 Å². The van der Waals surface area contributed by atoms with Gasteiger partial charge in [0.25, 0.3) is 11.8 Å². The van der Waals surface area contributed by atoms with Crippen molar-refractivity contribution >= 4 is 17.5 Å². The van der Waals surface area contributed by atoms with E-state index in [4.69, 9.17) is 9.47 Å². The normalized spacial score (nSPS) is 10.4. The lowest BCUT2D eigenvalue weighted by Crippen LogP contribution is -2.32. The molecule has 2 amide bonds. The van der Waals surface area contributed by atoms with Crippen molar-refractivity contribution in [2.24, 2.45) is 0 Å². The van der Waals surface area contributed by atoms with Gasteiger partial charge in [-0.15, -0.1) is 0 Å². The van der Waals surface area contributed by atoms with Crippen molar-refractivity contribution in [3.63, 3.8) is 0 Å². The second-order valence-corrected chi connectivity index (χ2v) is 5.99. The lowest BCUT2D eigenvalue weighted by molar-refractivity contribution is 0.0946. The Balaban J connectivity index is 2.07. The van der Waals surface area contributed by atoms with Crippen LogP contribution in [0.2, 0.25) is 0 Å². The summed E-state index contributed by atoms with van der Waals surface area (Å²) in [5.74, 6) is 0.310. The fraction of sp³-hybridized carbons (Fsp3) is 0.316. The van der Waals surface area contributed by atoms with Gasteiger partial charge in [0.05, 0.1) is 14.2 Å². The molecular formula is C19H24N4O4. The molecule has 0 aliphatic carbocycles. The minimum Gasteiger partial charge on any atom is -0.493 e. The molecule has 8 nitrogen and oxygen atoms in total. The molecule has 0 aliphatic heterocycles. The van der Waals surface area contributed by atoms with Gasteiger partial charge in [0, 0.05) is 24.8 Å². The number of carbonyl (C=O) groups excluding carboxylic acids is 2. The van der Waals surface area contributed by atoms with E-state index in [1.807, 2.05) is 19.0 Å². The number of likely N-dealkylation sites (N-methyl/N-ethyl adjacent to an activating group) is 1. The molecule has 2 aromatic rings. The average Bonchev–Trinajstić information content (AvgIpc) is 2.67. The number of hydrogen-bond donors (Lipinski definition) is 2. The minimum atomic E-state index is -0.426. The van der Waals surface area contributed by atoms with Crippen LogP contribution in [0.3, 0.4) is 0 Å². The number of amides is 2. The molecule has 2 N–H and O–H groups in total. The van der Waals surface area contributed by atoms with Crippen molar-refractivity contribution in [1.82, 2.24) is 15.2 Å². The highest BCUT2D eigenvalue weighted by Gasteiger charge is 2.13. The number of ether oxygens (including phenoxy) is 2. The Morgan fingerprint density at radius 2 is 1.67 bits per heavy atom. The van der Waals surface area contributed by atoms with Gasteiger partial charge in [0.15, 0.2) is 11.5 Å². The van der Waals surface area contributed by atoms with E-state index in [-0.39, 0.29) is 17.3 Å². The van der Waals surface area contributed by atoms with Crippen molar-refractivity contribution in [1.29, 1.82) is 0 Å². The van der Waals surface area contributed by atoms with Crippen molar-refractivity contribution < 1.29 is 19.1 Å². The molecule has 0 unspecified atom stereocenters. The fourth-order valence-corrected chi connectivity index (χ4v) is 2.28. The van der Waals surface area contributed by atoms with Crippen LogP contribution in [0.25, 0.3) is 0 Å². The Morgan fingerprint density at radius 3 is 2.30 bits per heavy atom. The van der Waals surface area contributed by atoms with Gasteiger partial charge in [-0.1, -0.05) is 6.07 Å². The lowest BCUT2D eigenvalue weighted by Gasteiger charge is -2.11. The molecule has 0 atom stereocenters. The number of rotatable bonds is 8. The van der Waals surface area contributed by atoms with E-state index in [9.17, 15) is 9.59 Å². The number of nitrogens with zero attached hydrogens (tertiary/aromatic N) is 2. The Labute approximate surface area is 158 Å². The number of anilines is 1. The molecule has 0 radical (unpaired) electrons. The maximum atomic E-state index is 12.5. The van der Waals surface area contributed by atoms with Gasteiger partial charge in [-0.2, -0.15) is 0 Å². The standard InChI is InChI=1S/C19H24N4O4/c1-23(2)11-10-20-18(24)14-6-5-7-15(22-14)19(25)21-13-8-9-16(26-3)17(12-13)27-4/h5-9,12H,10-11H2,1-4H3,(H,20,24)(H,21,25). The van der Waals surface area contributed by atoms with E-state index in [2.05, 4.69) is 15.6 Å². The third-order valence-corrected chi connectivity index (χ3v) is 3.70. The number of nitrogens with one attached hydrogen (secondary N) is 2. The van der Waals surface area contributed by atoms with Crippen LogP contribution in [-0.2, 0) is 0 Å². The van der Waals surface area contributed by atoms with E-state index in [0.29, 0.717) is 30.3 Å². The Morgan fingerprint density at radius 1 is 1.00 bits per heavy atom. The topological polar surface area (TPSA) is 92.8 Å². The number of methoxy groups -OCH3 is 2. The summed E-state index contributed by atoms with van der Waals surface area (Å²) in [7, 11) is 6.89. The first-order valence-corrected chi connectivity index (χ1v) is 8.38. The molecule has 0 saturated carbocycles. The van der Waals surface area contributed by atoms with Crippen LogP contribution < -0.4 is 20.1 Å². The number of pyridine rings is 1. The first-order valence-electron chi connectivity index (χ1n) is 8.38. The molecule has 0 aliphatic rings. The predicted molar refractivity (Wildman–Crippen MR) is 103 cm³/mol. The third kappa shape index (κ3) is 5.68. The summed E-state index contributed by atoms with van der Waals surface area (Å²) < 4.78 is 10.4. The van der Waals surface area contributed by atoms with Gasteiger partial charge < -0.3 is 25.0 Å². The summed E-state index contributed by atoms with van der Waals surface area (Å²) in [4.78, 5) is 30.7. The average molecular weight is 372 g/mol. The zero-order valence-corrected chi connectivity index (χ0v) is 15.9. The zero-order valence-electron chi connectivity index (χ0n) is 15.9. The quantitative estimate of drug-likeness (QED) is 0.732.